The Hall–Kier alpha value is -6.60. The third-order valence-corrected chi connectivity index (χ3v) is 7.10. The summed E-state index contributed by atoms with van der Waals surface area (Å²) in [6.07, 6.45) is 4.99. The summed E-state index contributed by atoms with van der Waals surface area (Å²) < 4.78 is 32.2. The van der Waals surface area contributed by atoms with E-state index in [-0.39, 0.29) is 0 Å². The molecule has 52 heavy (non-hydrogen) atoms. The van der Waals surface area contributed by atoms with Crippen molar-refractivity contribution in [2.45, 2.75) is 25.7 Å². The van der Waals surface area contributed by atoms with Gasteiger partial charge in [-0.1, -0.05) is 25.0 Å². The van der Waals surface area contributed by atoms with E-state index in [1.807, 2.05) is 0 Å². The second kappa shape index (κ2) is 20.8. The third kappa shape index (κ3) is 13.4. The Morgan fingerprint density at radius 1 is 0.462 bits per heavy atom. The van der Waals surface area contributed by atoms with Gasteiger partial charge in [0.1, 0.15) is 23.0 Å². The highest BCUT2D eigenvalue weighted by atomic mass is 16.5. The summed E-state index contributed by atoms with van der Waals surface area (Å²) in [6, 6.07) is 27.0. The lowest BCUT2D eigenvalue weighted by Crippen LogP contribution is -2.08. The summed E-state index contributed by atoms with van der Waals surface area (Å²) >= 11 is 0. The fraction of sp³-hybridized carbons (Fsp3) is 0.190. The molecule has 0 atom stereocenters. The highest BCUT2D eigenvalue weighted by Gasteiger charge is 2.10. The Balaban J connectivity index is 1.17. The van der Waals surface area contributed by atoms with E-state index in [4.69, 9.17) is 28.4 Å². The monoisotopic (exact) mass is 702 g/mol. The Kier molecular flexibility index (Phi) is 15.3. The number of unbranched alkanes of at least 4 members (excludes halogenated alkanes) is 2. The van der Waals surface area contributed by atoms with Gasteiger partial charge in [-0.3, -0.25) is 0 Å². The molecule has 4 aromatic rings. The lowest BCUT2D eigenvalue weighted by atomic mass is 10.1. The molecule has 0 aromatic heterocycles. The van der Waals surface area contributed by atoms with Crippen LogP contribution in [0, 0.1) is 11.8 Å². The van der Waals surface area contributed by atoms with E-state index in [2.05, 4.69) is 25.0 Å². The molecule has 0 saturated carbocycles. The van der Waals surface area contributed by atoms with Crippen molar-refractivity contribution in [2.24, 2.45) is 0 Å². The van der Waals surface area contributed by atoms with Gasteiger partial charge < -0.3 is 28.4 Å². The molecular weight excluding hydrogens is 664 g/mol. The molecule has 0 saturated heterocycles. The van der Waals surface area contributed by atoms with E-state index in [1.54, 1.807) is 97.1 Å². The molecule has 0 unspecified atom stereocenters. The van der Waals surface area contributed by atoms with Gasteiger partial charge in [0.2, 0.25) is 0 Å². The minimum absolute atomic E-state index is 0.305. The van der Waals surface area contributed by atoms with Crippen molar-refractivity contribution in [3.8, 4) is 34.8 Å². The zero-order chi connectivity index (χ0) is 37.0. The molecule has 0 N–H and O–H groups in total. The van der Waals surface area contributed by atoms with Crippen molar-refractivity contribution in [1.82, 2.24) is 0 Å². The summed E-state index contributed by atoms with van der Waals surface area (Å²) in [5.41, 5.74) is 2.19. The van der Waals surface area contributed by atoms with Crippen molar-refractivity contribution in [3.63, 3.8) is 0 Å². The molecule has 0 aliphatic heterocycles. The molecule has 10 nitrogen and oxygen atoms in total. The van der Waals surface area contributed by atoms with Gasteiger partial charge in [-0.2, -0.15) is 0 Å². The average Bonchev–Trinajstić information content (AvgIpc) is 3.18. The van der Waals surface area contributed by atoms with Crippen molar-refractivity contribution in [2.75, 3.05) is 26.4 Å². The first kappa shape index (κ1) is 38.2. The number of ether oxygens (including phenoxy) is 6. The van der Waals surface area contributed by atoms with E-state index < -0.39 is 23.9 Å². The number of benzene rings is 4. The average molecular weight is 703 g/mol. The Labute approximate surface area is 302 Å². The summed E-state index contributed by atoms with van der Waals surface area (Å²) in [7, 11) is 0. The van der Waals surface area contributed by atoms with Crippen LogP contribution < -0.4 is 18.9 Å². The van der Waals surface area contributed by atoms with Gasteiger partial charge in [0, 0.05) is 23.3 Å². The first-order valence-corrected chi connectivity index (χ1v) is 16.5. The van der Waals surface area contributed by atoms with Crippen molar-refractivity contribution in [1.29, 1.82) is 0 Å². The Bertz CT molecular complexity index is 1730. The second-order valence-electron chi connectivity index (χ2n) is 11.0. The maximum Gasteiger partial charge on any atom is 0.343 e. The summed E-state index contributed by atoms with van der Waals surface area (Å²) in [5, 5.41) is 0. The summed E-state index contributed by atoms with van der Waals surface area (Å²) in [5.74, 6) is 6.21. The van der Waals surface area contributed by atoms with Crippen molar-refractivity contribution in [3.05, 3.63) is 145 Å². The number of rotatable bonds is 18. The zero-order valence-electron chi connectivity index (χ0n) is 28.5. The minimum Gasteiger partial charge on any atom is -0.494 e. The number of esters is 4. The fourth-order valence-electron chi connectivity index (χ4n) is 4.32. The molecule has 266 valence electrons. The molecule has 0 aliphatic carbocycles. The highest BCUT2D eigenvalue weighted by molar-refractivity contribution is 5.91. The normalized spacial score (nSPS) is 10.1. The first-order chi connectivity index (χ1) is 25.3. The minimum atomic E-state index is -0.504. The third-order valence-electron chi connectivity index (χ3n) is 7.10. The summed E-state index contributed by atoms with van der Waals surface area (Å²) in [6.45, 7) is 8.20. The van der Waals surface area contributed by atoms with Crippen molar-refractivity contribution < 1.29 is 47.6 Å². The molecule has 0 aliphatic rings. The standard InChI is InChI=1S/C42H38O10/c1-3-39(43)49-29-7-5-27-47-35-23-15-33(16-24-35)41(45)51-37-19-11-31(12-20-37)9-10-32-13-21-38(22-14-32)52-42(46)34-17-25-36(26-18-34)48-28-6-8-30-50-40(44)4-2/h3-4,11-26H,1-2,5-8,27-30H2. The Morgan fingerprint density at radius 3 is 1.13 bits per heavy atom. The molecule has 0 heterocycles. The molecule has 0 amide bonds. The van der Waals surface area contributed by atoms with Gasteiger partial charge in [0.25, 0.3) is 0 Å². The van der Waals surface area contributed by atoms with Crippen LogP contribution in [0.4, 0.5) is 0 Å². The fourth-order valence-corrected chi connectivity index (χ4v) is 4.32. The predicted octanol–water partition coefficient (Wildman–Crippen LogP) is 7.30. The van der Waals surface area contributed by atoms with Crippen LogP contribution in [0.25, 0.3) is 0 Å². The van der Waals surface area contributed by atoms with E-state index >= 15 is 0 Å². The molecule has 4 rings (SSSR count). The number of hydrogen-bond acceptors (Lipinski definition) is 10. The zero-order valence-corrected chi connectivity index (χ0v) is 28.5. The smallest absolute Gasteiger partial charge is 0.343 e. The van der Waals surface area contributed by atoms with Crippen LogP contribution in [0.2, 0.25) is 0 Å². The van der Waals surface area contributed by atoms with E-state index in [0.29, 0.717) is 86.2 Å². The SMILES string of the molecule is C=CC(=O)OCCCCOc1ccc(C(=O)Oc2ccc(C#Cc3ccc(OC(=O)c4ccc(OCCCCOC(=O)C=C)cc4)cc3)cc2)cc1. The quantitative estimate of drug-likeness (QED) is 0.0343. The van der Waals surface area contributed by atoms with Gasteiger partial charge in [0.15, 0.2) is 0 Å². The van der Waals surface area contributed by atoms with Crippen LogP contribution in [-0.4, -0.2) is 50.3 Å². The first-order valence-electron chi connectivity index (χ1n) is 16.5. The molecule has 0 spiro atoms. The topological polar surface area (TPSA) is 124 Å². The van der Waals surface area contributed by atoms with Crippen LogP contribution in [-0.2, 0) is 19.1 Å². The lowest BCUT2D eigenvalue weighted by Gasteiger charge is -2.08. The van der Waals surface area contributed by atoms with E-state index in [0.717, 1.165) is 23.3 Å². The van der Waals surface area contributed by atoms with Gasteiger partial charge in [-0.15, -0.1) is 0 Å². The maximum atomic E-state index is 12.6. The molecule has 0 fully saturated rings. The van der Waals surface area contributed by atoms with E-state index in [1.165, 1.54) is 0 Å². The lowest BCUT2D eigenvalue weighted by molar-refractivity contribution is -0.138. The highest BCUT2D eigenvalue weighted by Crippen LogP contribution is 2.19. The Morgan fingerprint density at radius 2 is 0.788 bits per heavy atom. The molecule has 0 bridgehead atoms. The van der Waals surface area contributed by atoms with Crippen LogP contribution in [0.1, 0.15) is 57.5 Å². The molecule has 10 heteroatoms. The summed E-state index contributed by atoms with van der Waals surface area (Å²) in [4.78, 5) is 47.3. The van der Waals surface area contributed by atoms with Gasteiger partial charge in [-0.25, -0.2) is 19.2 Å². The predicted molar refractivity (Wildman–Crippen MR) is 193 cm³/mol. The van der Waals surface area contributed by atoms with Crippen LogP contribution in [0.3, 0.4) is 0 Å². The van der Waals surface area contributed by atoms with Gasteiger partial charge in [0.05, 0.1) is 37.6 Å². The van der Waals surface area contributed by atoms with Gasteiger partial charge >= 0.3 is 23.9 Å². The van der Waals surface area contributed by atoms with Crippen molar-refractivity contribution >= 4 is 23.9 Å². The van der Waals surface area contributed by atoms with E-state index in [9.17, 15) is 19.2 Å². The molecule has 0 radical (unpaired) electrons. The molecular formula is C42H38O10. The van der Waals surface area contributed by atoms with Crippen LogP contribution in [0.5, 0.6) is 23.0 Å². The van der Waals surface area contributed by atoms with Gasteiger partial charge in [-0.05, 0) is 123 Å². The maximum absolute atomic E-state index is 12.6. The van der Waals surface area contributed by atoms with Crippen LogP contribution in [0.15, 0.2) is 122 Å². The van der Waals surface area contributed by atoms with Crippen LogP contribution >= 0.6 is 0 Å². The number of carbonyl (C=O) groups is 4. The molecule has 4 aromatic carbocycles. The largest absolute Gasteiger partial charge is 0.494 e. The number of hydrogen-bond donors (Lipinski definition) is 0. The second-order valence-corrected chi connectivity index (χ2v) is 11.0. The number of carbonyl (C=O) groups excluding carboxylic acids is 4.